The van der Waals surface area contributed by atoms with E-state index in [-0.39, 0.29) is 22.9 Å². The van der Waals surface area contributed by atoms with Crippen LogP contribution in [-0.2, 0) is 11.8 Å². The van der Waals surface area contributed by atoms with Crippen molar-refractivity contribution in [1.29, 1.82) is 0 Å². The molecule has 2 rings (SSSR count). The zero-order valence-electron chi connectivity index (χ0n) is 16.4. The molecule has 7 heteroatoms. The van der Waals surface area contributed by atoms with Crippen LogP contribution in [0.1, 0.15) is 51.7 Å². The van der Waals surface area contributed by atoms with E-state index in [1.807, 2.05) is 34.6 Å². The number of nitrogens with zero attached hydrogens (tertiary/aromatic N) is 2. The quantitative estimate of drug-likeness (QED) is 0.596. The summed E-state index contributed by atoms with van der Waals surface area (Å²) in [5.41, 5.74) is 0.516. The highest BCUT2D eigenvalue weighted by Gasteiger charge is 2.19. The molecule has 0 radical (unpaired) electrons. The van der Waals surface area contributed by atoms with E-state index in [4.69, 9.17) is 0 Å². The van der Waals surface area contributed by atoms with Crippen molar-refractivity contribution in [2.45, 2.75) is 40.5 Å². The van der Waals surface area contributed by atoms with E-state index < -0.39 is 10.3 Å². The van der Waals surface area contributed by atoms with E-state index >= 15 is 0 Å². The van der Waals surface area contributed by atoms with Crippen molar-refractivity contribution in [3.8, 4) is 0 Å². The van der Waals surface area contributed by atoms with Crippen molar-refractivity contribution in [2.24, 2.45) is 12.5 Å². The van der Waals surface area contributed by atoms with Gasteiger partial charge in [-0.15, -0.1) is 11.3 Å². The number of hydrogen-bond donors (Lipinski definition) is 0. The molecule has 0 aliphatic rings. The third-order valence-electron chi connectivity index (χ3n) is 4.23. The van der Waals surface area contributed by atoms with Gasteiger partial charge < -0.3 is 4.57 Å². The van der Waals surface area contributed by atoms with Crippen molar-refractivity contribution in [1.82, 2.24) is 4.57 Å². The van der Waals surface area contributed by atoms with Gasteiger partial charge in [0.05, 0.1) is 9.46 Å². The Labute approximate surface area is 161 Å². The number of carbonyl (C=O) groups is 1. The van der Waals surface area contributed by atoms with Gasteiger partial charge >= 0.3 is 0 Å². The molecule has 2 aromatic rings. The lowest BCUT2D eigenvalue weighted by molar-refractivity contribution is -0.385. The number of rotatable bonds is 4. The molecular weight excluding hydrogens is 364 g/mol. The van der Waals surface area contributed by atoms with E-state index in [0.29, 0.717) is 20.3 Å². The lowest BCUT2D eigenvalue weighted by atomic mass is 9.91. The van der Waals surface area contributed by atoms with Crippen LogP contribution in [0.3, 0.4) is 0 Å². The minimum Gasteiger partial charge on any atom is -0.302 e. The smallest absolute Gasteiger partial charge is 0.273 e. The van der Waals surface area contributed by atoms with E-state index in [9.17, 15) is 19.7 Å². The van der Waals surface area contributed by atoms with Gasteiger partial charge in [0.1, 0.15) is 4.66 Å². The molecule has 0 N–H and O–H groups in total. The highest BCUT2D eigenvalue weighted by Crippen LogP contribution is 2.27. The predicted molar refractivity (Wildman–Crippen MR) is 108 cm³/mol. The van der Waals surface area contributed by atoms with E-state index in [1.165, 1.54) is 28.0 Å². The van der Waals surface area contributed by atoms with E-state index in [2.05, 4.69) is 0 Å². The Bertz CT molecular complexity index is 1070. The Morgan fingerprint density at radius 3 is 2.44 bits per heavy atom. The van der Waals surface area contributed by atoms with Gasteiger partial charge in [-0.25, -0.2) is 0 Å². The van der Waals surface area contributed by atoms with Gasteiger partial charge in [0.15, 0.2) is 5.78 Å². The van der Waals surface area contributed by atoms with E-state index in [1.54, 1.807) is 25.3 Å². The normalized spacial score (nSPS) is 13.4. The van der Waals surface area contributed by atoms with Crippen molar-refractivity contribution >= 4 is 35.0 Å². The summed E-state index contributed by atoms with van der Waals surface area (Å²) in [6, 6.07) is 4.98. The molecule has 0 aliphatic heterocycles. The maximum Gasteiger partial charge on any atom is 0.273 e. The third-order valence-corrected chi connectivity index (χ3v) is 5.34. The molecule has 1 aromatic carbocycles. The summed E-state index contributed by atoms with van der Waals surface area (Å²) in [7, 11) is 1.61. The first-order chi connectivity index (χ1) is 12.4. The van der Waals surface area contributed by atoms with Crippen molar-refractivity contribution in [3.63, 3.8) is 0 Å². The number of thiazole rings is 1. The number of nitro benzene ring substituents is 1. The summed E-state index contributed by atoms with van der Waals surface area (Å²) in [6.45, 7) is 9.25. The zero-order valence-corrected chi connectivity index (χ0v) is 17.2. The molecule has 0 bridgehead atoms. The molecule has 6 nitrogen and oxygen atoms in total. The highest BCUT2D eigenvalue weighted by molar-refractivity contribution is 7.07. The number of Topliss-reactive ketones (excluding diaryl/α,β-unsaturated/α-hetero) is 1. The van der Waals surface area contributed by atoms with Gasteiger partial charge in [0, 0.05) is 30.2 Å². The lowest BCUT2D eigenvalue weighted by Crippen LogP contribution is -2.30. The number of aromatic nitrogens is 1. The molecule has 0 saturated heterocycles. The lowest BCUT2D eigenvalue weighted by Gasteiger charge is -2.12. The Morgan fingerprint density at radius 1 is 1.30 bits per heavy atom. The van der Waals surface area contributed by atoms with Gasteiger partial charge in [0.25, 0.3) is 11.2 Å². The summed E-state index contributed by atoms with van der Waals surface area (Å²) < 4.78 is 2.41. The fourth-order valence-electron chi connectivity index (χ4n) is 2.48. The van der Waals surface area contributed by atoms with Crippen LogP contribution in [0.4, 0.5) is 5.69 Å². The topological polar surface area (TPSA) is 82.2 Å². The van der Waals surface area contributed by atoms with Crippen LogP contribution in [0.15, 0.2) is 23.0 Å². The van der Waals surface area contributed by atoms with E-state index in [0.717, 1.165) is 0 Å². The van der Waals surface area contributed by atoms with Crippen LogP contribution in [-0.4, -0.2) is 15.3 Å². The zero-order chi connectivity index (χ0) is 20.5. The monoisotopic (exact) mass is 388 g/mol. The molecule has 0 amide bonds. The number of hydrogen-bond acceptors (Lipinski definition) is 5. The van der Waals surface area contributed by atoms with Crippen molar-refractivity contribution in [2.75, 3.05) is 0 Å². The summed E-state index contributed by atoms with van der Waals surface area (Å²) >= 11 is 1.20. The molecule has 144 valence electrons. The molecule has 1 aromatic heterocycles. The second kappa shape index (κ2) is 7.60. The van der Waals surface area contributed by atoms with Gasteiger partial charge in [-0.05, 0) is 17.6 Å². The minimum absolute atomic E-state index is 0.0265. The van der Waals surface area contributed by atoms with Crippen LogP contribution in [0, 0.1) is 15.5 Å². The van der Waals surface area contributed by atoms with Crippen LogP contribution in [0.5, 0.6) is 0 Å². The maximum absolute atomic E-state index is 12.5. The molecule has 0 aliphatic carbocycles. The van der Waals surface area contributed by atoms with Gasteiger partial charge in [-0.3, -0.25) is 19.7 Å². The average molecular weight is 388 g/mol. The van der Waals surface area contributed by atoms with Crippen molar-refractivity contribution < 1.29 is 9.72 Å². The van der Waals surface area contributed by atoms with Gasteiger partial charge in [0.2, 0.25) is 0 Å². The predicted octanol–water partition coefficient (Wildman–Crippen LogP) is 2.70. The number of ketones is 1. The molecule has 0 fully saturated rings. The van der Waals surface area contributed by atoms with Gasteiger partial charge in [-0.2, -0.15) is 0 Å². The molecule has 27 heavy (non-hydrogen) atoms. The second-order valence-electron chi connectivity index (χ2n) is 7.80. The molecule has 0 atom stereocenters. The van der Waals surface area contributed by atoms with Crippen LogP contribution in [0.25, 0.3) is 12.2 Å². The number of nitro groups is 1. The van der Waals surface area contributed by atoms with Crippen molar-refractivity contribution in [3.05, 3.63) is 59.0 Å². The molecule has 0 spiro atoms. The first-order valence-corrected chi connectivity index (χ1v) is 9.45. The second-order valence-corrected chi connectivity index (χ2v) is 8.86. The van der Waals surface area contributed by atoms with Crippen LogP contribution >= 0.6 is 11.3 Å². The fraction of sp³-hybridized carbons (Fsp3) is 0.400. The Hall–Kier alpha value is -2.54. The number of carbonyl (C=O) groups excluding carboxylic acids is 1. The highest BCUT2D eigenvalue weighted by atomic mass is 32.1. The summed E-state index contributed by atoms with van der Waals surface area (Å²) in [6.07, 6.45) is 3.11. The summed E-state index contributed by atoms with van der Waals surface area (Å²) in [5.74, 6) is -0.0403. The van der Waals surface area contributed by atoms with Gasteiger partial charge in [-0.1, -0.05) is 46.8 Å². The first-order valence-electron chi connectivity index (χ1n) is 8.64. The maximum atomic E-state index is 12.5. The Balaban J connectivity index is 2.62. The Kier molecular flexibility index (Phi) is 5.85. The van der Waals surface area contributed by atoms with Crippen LogP contribution in [0.2, 0.25) is 0 Å². The SMILES string of the molecule is CC(C)c1ccc(/C=c2\s/c(=C\C(=O)C(C)(C)C)n(C)c2=O)cc1[N+](=O)[O-]. The summed E-state index contributed by atoms with van der Waals surface area (Å²) in [5, 5.41) is 11.4. The largest absolute Gasteiger partial charge is 0.302 e. The average Bonchev–Trinajstić information content (AvgIpc) is 2.81. The molecule has 1 heterocycles. The Morgan fingerprint density at radius 2 is 1.93 bits per heavy atom. The standard InChI is InChI=1S/C20H24N2O4S/c1-12(2)14-8-7-13(9-15(14)22(25)26)10-16-19(24)21(6)18(27-16)11-17(23)20(3,4)5/h7-12H,1-6H3/b16-10-,18-11-. The number of benzene rings is 1. The molecular formula is C20H24N2O4S. The molecule has 0 saturated carbocycles. The first kappa shape index (κ1) is 20.8. The minimum atomic E-state index is -0.531. The third kappa shape index (κ3) is 4.60. The van der Waals surface area contributed by atoms with Crippen LogP contribution < -0.4 is 14.8 Å². The molecule has 0 unspecified atom stereocenters. The summed E-state index contributed by atoms with van der Waals surface area (Å²) in [4.78, 5) is 35.7. The fourth-order valence-corrected chi connectivity index (χ4v) is 3.51.